The predicted octanol–water partition coefficient (Wildman–Crippen LogP) is 3.59. The molecular formula is C30H27FN6O4S. The Morgan fingerprint density at radius 3 is 2.60 bits per heavy atom. The summed E-state index contributed by atoms with van der Waals surface area (Å²) in [5, 5.41) is 12.2. The van der Waals surface area contributed by atoms with Crippen molar-refractivity contribution in [2.75, 3.05) is 18.0 Å². The van der Waals surface area contributed by atoms with Crippen molar-refractivity contribution < 1.29 is 23.5 Å². The lowest BCUT2D eigenvalue weighted by atomic mass is 10.0. The van der Waals surface area contributed by atoms with Crippen molar-refractivity contribution in [3.8, 4) is 11.8 Å². The second kappa shape index (κ2) is 11.8. The number of hydrogen-bond donors (Lipinski definition) is 1. The molecule has 2 fully saturated rings. The Balaban J connectivity index is 1.02. The van der Waals surface area contributed by atoms with Gasteiger partial charge in [0.2, 0.25) is 11.8 Å². The highest BCUT2D eigenvalue weighted by Gasteiger charge is 2.40. The van der Waals surface area contributed by atoms with Crippen LogP contribution in [0.15, 0.2) is 53.9 Å². The molecule has 42 heavy (non-hydrogen) atoms. The zero-order valence-corrected chi connectivity index (χ0v) is 23.4. The summed E-state index contributed by atoms with van der Waals surface area (Å²) in [6, 6.07) is 11.1. The number of aromatic nitrogens is 2. The van der Waals surface area contributed by atoms with Crippen molar-refractivity contribution in [1.29, 1.82) is 5.26 Å². The highest BCUT2D eigenvalue weighted by Crippen LogP contribution is 2.34. The number of imide groups is 1. The van der Waals surface area contributed by atoms with Gasteiger partial charge in [-0.1, -0.05) is 17.8 Å². The molecule has 2 aromatic carbocycles. The SMILES string of the molecule is N#Cc1ccc(N2CCC(Sc3ncc(COc4cccc5c4CN(C4CCC(=O)NC4=O)C5=O)cn3)CC2)c(F)c1. The molecule has 6 rings (SSSR count). The van der Waals surface area contributed by atoms with E-state index in [0.717, 1.165) is 18.4 Å². The Morgan fingerprint density at radius 2 is 1.88 bits per heavy atom. The number of amides is 3. The third-order valence-corrected chi connectivity index (χ3v) is 8.97. The molecule has 3 aliphatic rings. The van der Waals surface area contributed by atoms with Gasteiger partial charge in [-0.25, -0.2) is 14.4 Å². The van der Waals surface area contributed by atoms with Crippen molar-refractivity contribution in [2.45, 2.75) is 55.3 Å². The molecule has 2 saturated heterocycles. The molecule has 1 N–H and O–H groups in total. The number of thioether (sulfide) groups is 1. The number of piperidine rings is 2. The number of nitriles is 1. The number of nitrogens with one attached hydrogen (secondary N) is 1. The molecule has 1 atom stereocenters. The van der Waals surface area contributed by atoms with Gasteiger partial charge in [-0.3, -0.25) is 19.7 Å². The lowest BCUT2D eigenvalue weighted by molar-refractivity contribution is -0.136. The first kappa shape index (κ1) is 27.7. The minimum Gasteiger partial charge on any atom is -0.488 e. The molecule has 0 radical (unpaired) electrons. The fraction of sp³-hybridized carbons (Fsp3) is 0.333. The smallest absolute Gasteiger partial charge is 0.255 e. The van der Waals surface area contributed by atoms with E-state index in [-0.39, 0.29) is 37.2 Å². The minimum atomic E-state index is -0.682. The zero-order chi connectivity index (χ0) is 29.2. The quantitative estimate of drug-likeness (QED) is 0.326. The fourth-order valence-electron chi connectivity index (χ4n) is 5.53. The number of ether oxygens (including phenoxy) is 1. The highest BCUT2D eigenvalue weighted by atomic mass is 32.2. The number of carbonyl (C=O) groups is 3. The van der Waals surface area contributed by atoms with Crippen LogP contribution in [0, 0.1) is 17.1 Å². The maximum atomic E-state index is 14.4. The second-order valence-corrected chi connectivity index (χ2v) is 11.7. The first-order valence-electron chi connectivity index (χ1n) is 13.7. The van der Waals surface area contributed by atoms with E-state index in [1.807, 2.05) is 11.0 Å². The van der Waals surface area contributed by atoms with E-state index in [1.54, 1.807) is 54.5 Å². The van der Waals surface area contributed by atoms with E-state index in [9.17, 15) is 18.8 Å². The number of fused-ring (bicyclic) bond motifs is 1. The fourth-order valence-corrected chi connectivity index (χ4v) is 6.50. The standard InChI is InChI=1S/C30H27FN6O4S/c31-23-12-18(13-32)4-5-24(23)36-10-8-20(9-11-36)42-30-33-14-19(15-34-30)17-41-26-3-1-2-21-22(26)16-37(29(21)40)25-6-7-27(38)35-28(25)39/h1-5,12,14-15,20,25H,6-11,16-17H2,(H,35,38,39). The van der Waals surface area contributed by atoms with Gasteiger partial charge in [0.25, 0.3) is 5.91 Å². The summed E-state index contributed by atoms with van der Waals surface area (Å²) < 4.78 is 20.5. The van der Waals surface area contributed by atoms with Gasteiger partial charge in [-0.2, -0.15) is 5.26 Å². The molecule has 3 amide bonds. The maximum Gasteiger partial charge on any atom is 0.255 e. The number of nitrogens with zero attached hydrogens (tertiary/aromatic N) is 5. The molecular weight excluding hydrogens is 559 g/mol. The normalized spacial score (nSPS) is 19.0. The lowest BCUT2D eigenvalue weighted by Crippen LogP contribution is -2.52. The first-order chi connectivity index (χ1) is 20.4. The Labute approximate surface area is 245 Å². The molecule has 0 aliphatic carbocycles. The molecule has 0 saturated carbocycles. The average Bonchev–Trinajstić information content (AvgIpc) is 3.33. The molecule has 3 aromatic rings. The van der Waals surface area contributed by atoms with Crippen molar-refractivity contribution in [1.82, 2.24) is 20.2 Å². The number of carbonyl (C=O) groups excluding carboxylic acids is 3. The number of anilines is 1. The van der Waals surface area contributed by atoms with E-state index >= 15 is 0 Å². The van der Waals surface area contributed by atoms with Gasteiger partial charge in [0, 0.05) is 53.8 Å². The van der Waals surface area contributed by atoms with Gasteiger partial charge in [0.15, 0.2) is 5.16 Å². The Bertz CT molecular complexity index is 1590. The van der Waals surface area contributed by atoms with Crippen molar-refractivity contribution in [3.63, 3.8) is 0 Å². The van der Waals surface area contributed by atoms with Crippen LogP contribution in [0.25, 0.3) is 0 Å². The first-order valence-corrected chi connectivity index (χ1v) is 14.6. The van der Waals surface area contributed by atoms with Gasteiger partial charge in [-0.15, -0.1) is 0 Å². The molecule has 4 heterocycles. The Morgan fingerprint density at radius 1 is 1.10 bits per heavy atom. The second-order valence-electron chi connectivity index (χ2n) is 10.4. The third-order valence-electron chi connectivity index (χ3n) is 7.75. The average molecular weight is 587 g/mol. The molecule has 3 aliphatic heterocycles. The van der Waals surface area contributed by atoms with Crippen LogP contribution in [0.3, 0.4) is 0 Å². The minimum absolute atomic E-state index is 0.200. The van der Waals surface area contributed by atoms with Gasteiger partial charge < -0.3 is 14.5 Å². The van der Waals surface area contributed by atoms with Crippen LogP contribution in [0.4, 0.5) is 10.1 Å². The maximum absolute atomic E-state index is 14.4. The van der Waals surface area contributed by atoms with E-state index in [2.05, 4.69) is 15.3 Å². The number of hydrogen-bond acceptors (Lipinski definition) is 9. The highest BCUT2D eigenvalue weighted by molar-refractivity contribution is 7.99. The predicted molar refractivity (Wildman–Crippen MR) is 151 cm³/mol. The monoisotopic (exact) mass is 586 g/mol. The van der Waals surface area contributed by atoms with Gasteiger partial charge in [0.05, 0.1) is 23.9 Å². The molecule has 10 nitrogen and oxygen atoms in total. The van der Waals surface area contributed by atoms with E-state index in [4.69, 9.17) is 10.00 Å². The largest absolute Gasteiger partial charge is 0.488 e. The molecule has 0 spiro atoms. The summed E-state index contributed by atoms with van der Waals surface area (Å²) >= 11 is 1.60. The van der Waals surface area contributed by atoms with Gasteiger partial charge in [-0.05, 0) is 49.6 Å². The summed E-state index contributed by atoms with van der Waals surface area (Å²) in [6.45, 7) is 1.86. The van der Waals surface area contributed by atoms with Crippen LogP contribution >= 0.6 is 11.8 Å². The Hall–Kier alpha value is -4.50. The van der Waals surface area contributed by atoms with Gasteiger partial charge in [0.1, 0.15) is 24.2 Å². The van der Waals surface area contributed by atoms with Crippen molar-refractivity contribution in [3.05, 3.63) is 76.9 Å². The van der Waals surface area contributed by atoms with Crippen LogP contribution in [-0.4, -0.2) is 57.0 Å². The van der Waals surface area contributed by atoms with Crippen LogP contribution in [0.1, 0.15) is 52.7 Å². The summed E-state index contributed by atoms with van der Waals surface area (Å²) in [6.07, 6.45) is 5.65. The number of benzene rings is 2. The van der Waals surface area contributed by atoms with Crippen LogP contribution in [0.2, 0.25) is 0 Å². The number of rotatable bonds is 7. The number of halogens is 1. The zero-order valence-electron chi connectivity index (χ0n) is 22.6. The van der Waals surface area contributed by atoms with Crippen molar-refractivity contribution in [2.24, 2.45) is 0 Å². The van der Waals surface area contributed by atoms with E-state index < -0.39 is 11.9 Å². The van der Waals surface area contributed by atoms with Gasteiger partial charge >= 0.3 is 0 Å². The third kappa shape index (κ3) is 5.65. The summed E-state index contributed by atoms with van der Waals surface area (Å²) in [5.41, 5.74) is 2.82. The summed E-state index contributed by atoms with van der Waals surface area (Å²) in [4.78, 5) is 49.4. The molecule has 0 bridgehead atoms. The summed E-state index contributed by atoms with van der Waals surface area (Å²) in [7, 11) is 0. The lowest BCUT2D eigenvalue weighted by Gasteiger charge is -2.33. The molecule has 1 aromatic heterocycles. The van der Waals surface area contributed by atoms with Crippen LogP contribution in [-0.2, 0) is 22.7 Å². The summed E-state index contributed by atoms with van der Waals surface area (Å²) in [5.74, 6) is -0.837. The van der Waals surface area contributed by atoms with E-state index in [1.165, 1.54) is 11.0 Å². The molecule has 214 valence electrons. The van der Waals surface area contributed by atoms with Crippen LogP contribution < -0.4 is 15.0 Å². The van der Waals surface area contributed by atoms with Crippen molar-refractivity contribution >= 4 is 35.2 Å². The molecule has 1 unspecified atom stereocenters. The van der Waals surface area contributed by atoms with Crippen LogP contribution in [0.5, 0.6) is 5.75 Å². The Kier molecular flexibility index (Phi) is 7.75. The van der Waals surface area contributed by atoms with E-state index in [0.29, 0.717) is 58.0 Å². The topological polar surface area (TPSA) is 129 Å². The molecule has 12 heteroatoms.